The van der Waals surface area contributed by atoms with E-state index in [4.69, 9.17) is 9.47 Å². The predicted molar refractivity (Wildman–Crippen MR) is 85.3 cm³/mol. The van der Waals surface area contributed by atoms with E-state index < -0.39 is 9.84 Å². The maximum atomic E-state index is 11.5. The van der Waals surface area contributed by atoms with Crippen molar-refractivity contribution in [3.8, 4) is 22.8 Å². The van der Waals surface area contributed by atoms with E-state index in [0.29, 0.717) is 30.2 Å². The van der Waals surface area contributed by atoms with Crippen LogP contribution in [0.3, 0.4) is 0 Å². The molecule has 0 amide bonds. The maximum Gasteiger partial charge on any atom is 0.161 e. The molecule has 2 aromatic rings. The molecule has 1 unspecified atom stereocenters. The van der Waals surface area contributed by atoms with Gasteiger partial charge in [-0.25, -0.2) is 8.42 Å². The van der Waals surface area contributed by atoms with Crippen LogP contribution in [0.15, 0.2) is 24.4 Å². The fourth-order valence-electron chi connectivity index (χ4n) is 2.80. The average Bonchev–Trinajstić information content (AvgIpc) is 3.13. The number of sulfone groups is 1. The van der Waals surface area contributed by atoms with E-state index in [1.54, 1.807) is 18.9 Å². The van der Waals surface area contributed by atoms with Gasteiger partial charge in [-0.3, -0.25) is 4.68 Å². The van der Waals surface area contributed by atoms with E-state index in [-0.39, 0.29) is 17.4 Å². The fraction of sp³-hybridized carbons (Fsp3) is 0.467. The largest absolute Gasteiger partial charge is 0.493 e. The highest BCUT2D eigenvalue weighted by atomic mass is 32.2. The van der Waals surface area contributed by atoms with Gasteiger partial charge >= 0.3 is 0 Å². The van der Waals surface area contributed by atoms with Gasteiger partial charge in [0.2, 0.25) is 0 Å². The molecular formula is C15H19N3O4S. The van der Waals surface area contributed by atoms with Crippen molar-refractivity contribution >= 4 is 9.84 Å². The molecule has 0 bridgehead atoms. The first-order chi connectivity index (χ1) is 11.0. The van der Waals surface area contributed by atoms with Crippen LogP contribution in [0.25, 0.3) is 11.3 Å². The Balaban J connectivity index is 1.77. The van der Waals surface area contributed by atoms with Crippen LogP contribution in [0.2, 0.25) is 0 Å². The molecular weight excluding hydrogens is 318 g/mol. The summed E-state index contributed by atoms with van der Waals surface area (Å²) >= 11 is 0. The van der Waals surface area contributed by atoms with Crippen molar-refractivity contribution in [2.45, 2.75) is 13.0 Å². The molecule has 2 heterocycles. The van der Waals surface area contributed by atoms with Crippen LogP contribution < -0.4 is 9.47 Å². The van der Waals surface area contributed by atoms with E-state index >= 15 is 0 Å². The van der Waals surface area contributed by atoms with Gasteiger partial charge in [0.1, 0.15) is 5.69 Å². The zero-order valence-corrected chi connectivity index (χ0v) is 13.9. The quantitative estimate of drug-likeness (QED) is 0.820. The number of ether oxygens (including phenoxy) is 2. The molecule has 0 radical (unpaired) electrons. The number of rotatable bonds is 5. The maximum absolute atomic E-state index is 11.5. The van der Waals surface area contributed by atoms with E-state index in [9.17, 15) is 8.42 Å². The van der Waals surface area contributed by atoms with Gasteiger partial charge in [-0.2, -0.15) is 0 Å². The number of aromatic nitrogens is 3. The average molecular weight is 337 g/mol. The van der Waals surface area contributed by atoms with Crippen LogP contribution >= 0.6 is 0 Å². The lowest BCUT2D eigenvalue weighted by atomic mass is 10.1. The van der Waals surface area contributed by atoms with Gasteiger partial charge < -0.3 is 9.47 Å². The van der Waals surface area contributed by atoms with E-state index in [0.717, 1.165) is 5.56 Å². The molecule has 0 aliphatic carbocycles. The molecule has 1 atom stereocenters. The van der Waals surface area contributed by atoms with Crippen molar-refractivity contribution in [1.29, 1.82) is 0 Å². The Morgan fingerprint density at radius 3 is 2.70 bits per heavy atom. The van der Waals surface area contributed by atoms with E-state index in [1.165, 1.54) is 0 Å². The molecule has 1 aliphatic heterocycles. The third-order valence-corrected chi connectivity index (χ3v) is 5.83. The Hall–Kier alpha value is -2.09. The lowest BCUT2D eigenvalue weighted by Gasteiger charge is -2.08. The molecule has 7 nitrogen and oxygen atoms in total. The van der Waals surface area contributed by atoms with Crippen molar-refractivity contribution in [3.63, 3.8) is 0 Å². The summed E-state index contributed by atoms with van der Waals surface area (Å²) in [5.41, 5.74) is 1.58. The first-order valence-corrected chi connectivity index (χ1v) is 9.16. The van der Waals surface area contributed by atoms with Crippen molar-refractivity contribution in [2.75, 3.05) is 25.7 Å². The highest BCUT2D eigenvalue weighted by molar-refractivity contribution is 7.91. The second kappa shape index (κ2) is 6.19. The third kappa shape index (κ3) is 3.47. The summed E-state index contributed by atoms with van der Waals surface area (Å²) < 4.78 is 35.2. The van der Waals surface area contributed by atoms with Crippen molar-refractivity contribution in [1.82, 2.24) is 15.0 Å². The van der Waals surface area contributed by atoms with Crippen LogP contribution in [0.4, 0.5) is 0 Å². The van der Waals surface area contributed by atoms with Crippen LogP contribution in [0, 0.1) is 5.92 Å². The van der Waals surface area contributed by atoms with Crippen molar-refractivity contribution in [2.24, 2.45) is 5.92 Å². The number of hydrogen-bond acceptors (Lipinski definition) is 6. The number of methoxy groups -OCH3 is 2. The standard InChI is InChI=1S/C15H19N3O4S/c1-21-14-4-3-12(7-15(14)22-2)13-9-18(17-16-13)8-11-5-6-23(19,20)10-11/h3-4,7,9,11H,5-6,8,10H2,1-2H3. The van der Waals surface area contributed by atoms with Crippen LogP contribution in [-0.2, 0) is 16.4 Å². The molecule has 3 rings (SSSR count). The monoisotopic (exact) mass is 337 g/mol. The van der Waals surface area contributed by atoms with Gasteiger partial charge in [0.05, 0.1) is 31.9 Å². The summed E-state index contributed by atoms with van der Waals surface area (Å²) in [5.74, 6) is 1.90. The first-order valence-electron chi connectivity index (χ1n) is 7.33. The normalized spacial score (nSPS) is 19.7. The van der Waals surface area contributed by atoms with Crippen molar-refractivity contribution < 1.29 is 17.9 Å². The zero-order valence-electron chi connectivity index (χ0n) is 13.1. The van der Waals surface area contributed by atoms with Gasteiger partial charge in [-0.05, 0) is 30.5 Å². The molecule has 1 saturated heterocycles. The smallest absolute Gasteiger partial charge is 0.161 e. The number of benzene rings is 1. The Labute approximate surface area is 135 Å². The van der Waals surface area contributed by atoms with Crippen molar-refractivity contribution in [3.05, 3.63) is 24.4 Å². The molecule has 0 saturated carbocycles. The Morgan fingerprint density at radius 2 is 2.04 bits per heavy atom. The summed E-state index contributed by atoms with van der Waals surface area (Å²) in [5, 5.41) is 8.26. The summed E-state index contributed by atoms with van der Waals surface area (Å²) in [6.07, 6.45) is 2.51. The topological polar surface area (TPSA) is 83.3 Å². The highest BCUT2D eigenvalue weighted by Crippen LogP contribution is 2.31. The van der Waals surface area contributed by atoms with Crippen LogP contribution in [0.1, 0.15) is 6.42 Å². The van der Waals surface area contributed by atoms with Gasteiger partial charge in [-0.1, -0.05) is 5.21 Å². The molecule has 1 aliphatic rings. The van der Waals surface area contributed by atoms with Gasteiger partial charge in [0.15, 0.2) is 21.3 Å². The summed E-state index contributed by atoms with van der Waals surface area (Å²) in [6.45, 7) is 0.569. The summed E-state index contributed by atoms with van der Waals surface area (Å²) in [4.78, 5) is 0. The number of nitrogens with zero attached hydrogens (tertiary/aromatic N) is 3. The lowest BCUT2D eigenvalue weighted by molar-refractivity contribution is 0.355. The van der Waals surface area contributed by atoms with Crippen LogP contribution in [0.5, 0.6) is 11.5 Å². The molecule has 1 aromatic carbocycles. The fourth-order valence-corrected chi connectivity index (χ4v) is 4.65. The molecule has 23 heavy (non-hydrogen) atoms. The second-order valence-corrected chi connectivity index (χ2v) is 7.89. The minimum Gasteiger partial charge on any atom is -0.493 e. The predicted octanol–water partition coefficient (Wildman–Crippen LogP) is 1.40. The molecule has 1 fully saturated rings. The van der Waals surface area contributed by atoms with E-state index in [2.05, 4.69) is 10.3 Å². The Morgan fingerprint density at radius 1 is 1.26 bits per heavy atom. The molecule has 124 valence electrons. The lowest BCUT2D eigenvalue weighted by Crippen LogP contribution is -2.12. The summed E-state index contributed by atoms with van der Waals surface area (Å²) in [7, 11) is 0.300. The zero-order chi connectivity index (χ0) is 16.4. The number of hydrogen-bond donors (Lipinski definition) is 0. The first kappa shape index (κ1) is 15.8. The highest BCUT2D eigenvalue weighted by Gasteiger charge is 2.28. The third-order valence-electron chi connectivity index (χ3n) is 3.99. The Kier molecular flexibility index (Phi) is 4.25. The van der Waals surface area contributed by atoms with Crippen LogP contribution in [-0.4, -0.2) is 49.1 Å². The SMILES string of the molecule is COc1ccc(-c2cn(CC3CCS(=O)(=O)C3)nn2)cc1OC. The van der Waals surface area contributed by atoms with Gasteiger partial charge in [0, 0.05) is 12.1 Å². The van der Waals surface area contributed by atoms with E-state index in [1.807, 2.05) is 24.4 Å². The minimum absolute atomic E-state index is 0.111. The summed E-state index contributed by atoms with van der Waals surface area (Å²) in [6, 6.07) is 5.54. The minimum atomic E-state index is -2.87. The second-order valence-electron chi connectivity index (χ2n) is 5.66. The molecule has 1 aromatic heterocycles. The van der Waals surface area contributed by atoms with Gasteiger partial charge in [0.25, 0.3) is 0 Å². The Bertz CT molecular complexity index is 801. The molecule has 0 N–H and O–H groups in total. The van der Waals surface area contributed by atoms with Gasteiger partial charge in [-0.15, -0.1) is 5.10 Å². The molecule has 8 heteroatoms. The molecule has 0 spiro atoms.